The van der Waals surface area contributed by atoms with Crippen LogP contribution in [0, 0.1) is 0 Å². The molecule has 0 amide bonds. The van der Waals surface area contributed by atoms with Gasteiger partial charge in [-0.25, -0.2) is 0 Å². The average molecular weight is 321 g/mol. The zero-order chi connectivity index (χ0) is 15.9. The first kappa shape index (κ1) is 18.3. The van der Waals surface area contributed by atoms with Gasteiger partial charge in [-0.15, -0.1) is 11.8 Å². The van der Waals surface area contributed by atoms with Crippen molar-refractivity contribution in [2.75, 3.05) is 19.5 Å². The van der Waals surface area contributed by atoms with Crippen LogP contribution in [0.3, 0.4) is 0 Å². The number of benzene rings is 1. The van der Waals surface area contributed by atoms with Crippen molar-refractivity contribution in [2.45, 2.75) is 43.9 Å². The summed E-state index contributed by atoms with van der Waals surface area (Å²) in [6.07, 6.45) is -3.50. The maximum atomic E-state index is 13.1. The molecule has 0 spiro atoms. The summed E-state index contributed by atoms with van der Waals surface area (Å²) in [7, 11) is 1.61. The molecule has 0 aliphatic carbocycles. The summed E-state index contributed by atoms with van der Waals surface area (Å²) >= 11 is 1.42. The Morgan fingerprint density at radius 3 is 2.57 bits per heavy atom. The Balaban J connectivity index is 2.81. The van der Waals surface area contributed by atoms with E-state index < -0.39 is 11.7 Å². The standard InChI is InChI=1S/C15H22F3NOS/c1-11(2)19-10-12-5-6-13(21-8-4-7-20-3)9-14(12)15(16,17)18/h5-6,9,11,19H,4,7-8,10H2,1-3H3. The highest BCUT2D eigenvalue weighted by atomic mass is 32.2. The molecule has 0 fully saturated rings. The van der Waals surface area contributed by atoms with Gasteiger partial charge in [0, 0.05) is 37.0 Å². The monoisotopic (exact) mass is 321 g/mol. The van der Waals surface area contributed by atoms with E-state index in [1.165, 1.54) is 17.8 Å². The van der Waals surface area contributed by atoms with Crippen molar-refractivity contribution in [3.63, 3.8) is 0 Å². The third-order valence-electron chi connectivity index (χ3n) is 2.85. The van der Waals surface area contributed by atoms with Gasteiger partial charge in [-0.3, -0.25) is 0 Å². The molecule has 0 atom stereocenters. The van der Waals surface area contributed by atoms with Crippen LogP contribution in [0.5, 0.6) is 0 Å². The lowest BCUT2D eigenvalue weighted by molar-refractivity contribution is -0.138. The first-order chi connectivity index (χ1) is 9.84. The first-order valence-corrected chi connectivity index (χ1v) is 7.88. The molecule has 0 unspecified atom stereocenters. The molecule has 1 aromatic carbocycles. The molecular formula is C15H22F3NOS. The number of thioether (sulfide) groups is 1. The van der Waals surface area contributed by atoms with Gasteiger partial charge >= 0.3 is 6.18 Å². The molecule has 0 heterocycles. The molecule has 120 valence electrons. The van der Waals surface area contributed by atoms with Gasteiger partial charge in [0.25, 0.3) is 0 Å². The van der Waals surface area contributed by atoms with Crippen molar-refractivity contribution in [1.29, 1.82) is 0 Å². The minimum Gasteiger partial charge on any atom is -0.385 e. The predicted molar refractivity (Wildman–Crippen MR) is 80.6 cm³/mol. The number of alkyl halides is 3. The van der Waals surface area contributed by atoms with E-state index in [1.807, 2.05) is 13.8 Å². The van der Waals surface area contributed by atoms with Gasteiger partial charge < -0.3 is 10.1 Å². The topological polar surface area (TPSA) is 21.3 Å². The zero-order valence-corrected chi connectivity index (χ0v) is 13.4. The molecule has 1 rings (SSSR count). The van der Waals surface area contributed by atoms with E-state index in [1.54, 1.807) is 19.2 Å². The summed E-state index contributed by atoms with van der Waals surface area (Å²) in [5.74, 6) is 0.745. The second-order valence-electron chi connectivity index (χ2n) is 5.05. The van der Waals surface area contributed by atoms with E-state index in [9.17, 15) is 13.2 Å². The van der Waals surface area contributed by atoms with E-state index in [4.69, 9.17) is 4.74 Å². The summed E-state index contributed by atoms with van der Waals surface area (Å²) in [5, 5.41) is 3.03. The maximum absolute atomic E-state index is 13.1. The van der Waals surface area contributed by atoms with Gasteiger partial charge in [0.05, 0.1) is 5.56 Å². The number of hydrogen-bond donors (Lipinski definition) is 1. The fourth-order valence-corrected chi connectivity index (χ4v) is 2.63. The van der Waals surface area contributed by atoms with Crippen LogP contribution in [0.15, 0.2) is 23.1 Å². The molecule has 0 saturated heterocycles. The number of methoxy groups -OCH3 is 1. The molecule has 0 radical (unpaired) electrons. The van der Waals surface area contributed by atoms with Crippen molar-refractivity contribution in [2.24, 2.45) is 0 Å². The van der Waals surface area contributed by atoms with Crippen LogP contribution in [0.1, 0.15) is 31.4 Å². The van der Waals surface area contributed by atoms with Crippen LogP contribution < -0.4 is 5.32 Å². The van der Waals surface area contributed by atoms with Gasteiger partial charge in [-0.1, -0.05) is 19.9 Å². The first-order valence-electron chi connectivity index (χ1n) is 6.90. The lowest BCUT2D eigenvalue weighted by Crippen LogP contribution is -2.23. The normalized spacial score (nSPS) is 12.1. The Bertz CT molecular complexity index is 435. The molecule has 1 N–H and O–H groups in total. The second kappa shape index (κ2) is 8.66. The largest absolute Gasteiger partial charge is 0.416 e. The van der Waals surface area contributed by atoms with E-state index in [0.29, 0.717) is 11.5 Å². The van der Waals surface area contributed by atoms with Crippen LogP contribution in [0.4, 0.5) is 13.2 Å². The van der Waals surface area contributed by atoms with Crippen LogP contribution >= 0.6 is 11.8 Å². The van der Waals surface area contributed by atoms with Gasteiger partial charge in [-0.05, 0) is 24.1 Å². The highest BCUT2D eigenvalue weighted by Gasteiger charge is 2.33. The zero-order valence-electron chi connectivity index (χ0n) is 12.6. The fraction of sp³-hybridized carbons (Fsp3) is 0.600. The Morgan fingerprint density at radius 2 is 2.00 bits per heavy atom. The van der Waals surface area contributed by atoms with Crippen LogP contribution in [0.2, 0.25) is 0 Å². The highest BCUT2D eigenvalue weighted by Crippen LogP contribution is 2.35. The molecular weight excluding hydrogens is 299 g/mol. The molecule has 0 aliphatic heterocycles. The van der Waals surface area contributed by atoms with E-state index in [2.05, 4.69) is 5.32 Å². The number of ether oxygens (including phenoxy) is 1. The highest BCUT2D eigenvalue weighted by molar-refractivity contribution is 7.99. The fourth-order valence-electron chi connectivity index (χ4n) is 1.77. The third-order valence-corrected chi connectivity index (χ3v) is 3.93. The Labute approximate surface area is 128 Å². The Morgan fingerprint density at radius 1 is 1.29 bits per heavy atom. The quantitative estimate of drug-likeness (QED) is 0.569. The van der Waals surface area contributed by atoms with E-state index in [-0.39, 0.29) is 18.2 Å². The minimum absolute atomic E-state index is 0.147. The van der Waals surface area contributed by atoms with E-state index in [0.717, 1.165) is 12.2 Å². The molecule has 0 aliphatic rings. The summed E-state index contributed by atoms with van der Waals surface area (Å²) in [4.78, 5) is 0.645. The summed E-state index contributed by atoms with van der Waals surface area (Å²) < 4.78 is 44.3. The Hall–Kier alpha value is -0.720. The number of halogens is 3. The third kappa shape index (κ3) is 6.72. The van der Waals surface area contributed by atoms with Crippen LogP contribution in [0.25, 0.3) is 0 Å². The minimum atomic E-state index is -4.32. The van der Waals surface area contributed by atoms with Crippen molar-refractivity contribution < 1.29 is 17.9 Å². The molecule has 6 heteroatoms. The second-order valence-corrected chi connectivity index (χ2v) is 6.22. The van der Waals surface area contributed by atoms with Crippen molar-refractivity contribution >= 4 is 11.8 Å². The summed E-state index contributed by atoms with van der Waals surface area (Å²) in [5.41, 5.74) is -0.259. The summed E-state index contributed by atoms with van der Waals surface area (Å²) in [6.45, 7) is 4.66. The molecule has 0 saturated carbocycles. The average Bonchev–Trinajstić information content (AvgIpc) is 2.41. The molecule has 0 bridgehead atoms. The van der Waals surface area contributed by atoms with Crippen molar-refractivity contribution in [3.8, 4) is 0 Å². The lowest BCUT2D eigenvalue weighted by Gasteiger charge is -2.16. The van der Waals surface area contributed by atoms with Crippen LogP contribution in [-0.4, -0.2) is 25.5 Å². The Kier molecular flexibility index (Phi) is 7.56. The predicted octanol–water partition coefficient (Wildman–Crippen LogP) is 4.33. The molecule has 21 heavy (non-hydrogen) atoms. The summed E-state index contributed by atoms with van der Waals surface area (Å²) in [6, 6.07) is 4.71. The number of rotatable bonds is 8. The number of nitrogens with one attached hydrogen (secondary N) is 1. The van der Waals surface area contributed by atoms with Gasteiger partial charge in [0.1, 0.15) is 0 Å². The lowest BCUT2D eigenvalue weighted by atomic mass is 10.1. The number of hydrogen-bond acceptors (Lipinski definition) is 3. The molecule has 2 nitrogen and oxygen atoms in total. The van der Waals surface area contributed by atoms with E-state index >= 15 is 0 Å². The SMILES string of the molecule is COCCCSc1ccc(CNC(C)C)c(C(F)(F)F)c1. The smallest absolute Gasteiger partial charge is 0.385 e. The van der Waals surface area contributed by atoms with Gasteiger partial charge in [0.15, 0.2) is 0 Å². The molecule has 0 aromatic heterocycles. The molecule has 1 aromatic rings. The van der Waals surface area contributed by atoms with Gasteiger partial charge in [0.2, 0.25) is 0 Å². The van der Waals surface area contributed by atoms with Crippen molar-refractivity contribution in [3.05, 3.63) is 29.3 Å². The van der Waals surface area contributed by atoms with Gasteiger partial charge in [-0.2, -0.15) is 13.2 Å². The maximum Gasteiger partial charge on any atom is 0.416 e. The van der Waals surface area contributed by atoms with Crippen molar-refractivity contribution in [1.82, 2.24) is 5.32 Å². The van der Waals surface area contributed by atoms with Crippen LogP contribution in [-0.2, 0) is 17.5 Å².